The second kappa shape index (κ2) is 5.40. The van der Waals surface area contributed by atoms with Gasteiger partial charge in [-0.3, -0.25) is 4.98 Å². The molecule has 0 amide bonds. The first kappa shape index (κ1) is 10.7. The maximum Gasteiger partial charge on any atom is 0.137 e. The van der Waals surface area contributed by atoms with Crippen LogP contribution in [0.4, 0.5) is 0 Å². The molecular formula is C11H16N2O. The van der Waals surface area contributed by atoms with E-state index in [9.17, 15) is 0 Å². The lowest BCUT2D eigenvalue weighted by Gasteiger charge is -2.00. The Morgan fingerprint density at radius 3 is 3.00 bits per heavy atom. The first-order valence-electron chi connectivity index (χ1n) is 4.63. The molecule has 0 saturated carbocycles. The summed E-state index contributed by atoms with van der Waals surface area (Å²) < 4.78 is 5.06. The van der Waals surface area contributed by atoms with Gasteiger partial charge in [0.15, 0.2) is 0 Å². The zero-order valence-corrected chi connectivity index (χ0v) is 8.60. The highest BCUT2D eigenvalue weighted by Crippen LogP contribution is 2.11. The fourth-order valence-corrected chi connectivity index (χ4v) is 1.06. The van der Waals surface area contributed by atoms with Gasteiger partial charge in [0.1, 0.15) is 5.75 Å². The van der Waals surface area contributed by atoms with Crippen molar-refractivity contribution in [3.63, 3.8) is 0 Å². The van der Waals surface area contributed by atoms with Crippen molar-refractivity contribution < 1.29 is 4.74 Å². The second-order valence-electron chi connectivity index (χ2n) is 3.27. The van der Waals surface area contributed by atoms with Gasteiger partial charge in [0.2, 0.25) is 0 Å². The molecule has 1 aromatic heterocycles. The molecule has 3 heteroatoms. The van der Waals surface area contributed by atoms with E-state index in [0.29, 0.717) is 0 Å². The largest absolute Gasteiger partial charge is 0.495 e. The van der Waals surface area contributed by atoms with Crippen LogP contribution in [0.2, 0.25) is 0 Å². The van der Waals surface area contributed by atoms with Crippen LogP contribution in [0.15, 0.2) is 24.5 Å². The van der Waals surface area contributed by atoms with Crippen molar-refractivity contribution in [1.29, 1.82) is 0 Å². The lowest BCUT2D eigenvalue weighted by molar-refractivity contribution is 0.413. The zero-order chi connectivity index (χ0) is 10.4. The van der Waals surface area contributed by atoms with E-state index < -0.39 is 0 Å². The van der Waals surface area contributed by atoms with E-state index in [1.54, 1.807) is 19.5 Å². The Kier molecular flexibility index (Phi) is 4.13. The van der Waals surface area contributed by atoms with Crippen LogP contribution in [0.5, 0.6) is 5.75 Å². The molecule has 2 N–H and O–H groups in total. The normalized spacial score (nSPS) is 13.1. The number of hydrogen-bond donors (Lipinski definition) is 1. The standard InChI is InChI=1S/C11H16N2O/c1-9(12)4-3-5-10-6-11(14-2)8-13-7-10/h3,5-9H,4,12H2,1-2H3. The number of hydrogen-bond acceptors (Lipinski definition) is 3. The van der Waals surface area contributed by atoms with Crippen LogP contribution in [0.3, 0.4) is 0 Å². The fraction of sp³-hybridized carbons (Fsp3) is 0.364. The van der Waals surface area contributed by atoms with Crippen LogP contribution < -0.4 is 10.5 Å². The van der Waals surface area contributed by atoms with Crippen LogP contribution in [0.1, 0.15) is 18.9 Å². The van der Waals surface area contributed by atoms with Crippen molar-refractivity contribution in [2.24, 2.45) is 5.73 Å². The molecule has 0 aliphatic rings. The average molecular weight is 192 g/mol. The molecule has 14 heavy (non-hydrogen) atoms. The molecule has 1 heterocycles. The van der Waals surface area contributed by atoms with E-state index in [2.05, 4.69) is 4.98 Å². The maximum atomic E-state index is 5.62. The van der Waals surface area contributed by atoms with Crippen LogP contribution in [0, 0.1) is 0 Å². The lowest BCUT2D eigenvalue weighted by Crippen LogP contribution is -2.12. The highest BCUT2D eigenvalue weighted by molar-refractivity contribution is 5.49. The van der Waals surface area contributed by atoms with E-state index in [0.717, 1.165) is 17.7 Å². The molecule has 0 radical (unpaired) electrons. The number of aromatic nitrogens is 1. The third-order valence-corrected chi connectivity index (χ3v) is 1.79. The van der Waals surface area contributed by atoms with Crippen LogP contribution in [0.25, 0.3) is 6.08 Å². The summed E-state index contributed by atoms with van der Waals surface area (Å²) in [4.78, 5) is 4.05. The summed E-state index contributed by atoms with van der Waals surface area (Å²) in [5.41, 5.74) is 6.65. The summed E-state index contributed by atoms with van der Waals surface area (Å²) in [6, 6.07) is 2.13. The van der Waals surface area contributed by atoms with Crippen molar-refractivity contribution >= 4 is 6.08 Å². The minimum atomic E-state index is 0.199. The van der Waals surface area contributed by atoms with Gasteiger partial charge in [-0.05, 0) is 25.0 Å². The van der Waals surface area contributed by atoms with E-state index >= 15 is 0 Å². The number of nitrogens with zero attached hydrogens (tertiary/aromatic N) is 1. The third kappa shape index (κ3) is 3.58. The van der Waals surface area contributed by atoms with E-state index in [1.807, 2.05) is 25.1 Å². The fourth-order valence-electron chi connectivity index (χ4n) is 1.06. The maximum absolute atomic E-state index is 5.62. The number of pyridine rings is 1. The molecule has 0 saturated heterocycles. The van der Waals surface area contributed by atoms with Gasteiger partial charge in [-0.2, -0.15) is 0 Å². The SMILES string of the molecule is COc1cncc(C=CCC(C)N)c1. The second-order valence-corrected chi connectivity index (χ2v) is 3.27. The predicted molar refractivity (Wildman–Crippen MR) is 58.1 cm³/mol. The van der Waals surface area contributed by atoms with Gasteiger partial charge in [-0.25, -0.2) is 0 Å². The average Bonchev–Trinajstić information content (AvgIpc) is 2.18. The minimum absolute atomic E-state index is 0.199. The van der Waals surface area contributed by atoms with Gasteiger partial charge in [0.05, 0.1) is 13.3 Å². The van der Waals surface area contributed by atoms with E-state index in [1.165, 1.54) is 0 Å². The molecule has 1 atom stereocenters. The molecule has 0 bridgehead atoms. The van der Waals surface area contributed by atoms with E-state index in [4.69, 9.17) is 10.5 Å². The molecule has 1 rings (SSSR count). The molecule has 1 aromatic rings. The van der Waals surface area contributed by atoms with Crippen molar-refractivity contribution in [2.45, 2.75) is 19.4 Å². The minimum Gasteiger partial charge on any atom is -0.495 e. The predicted octanol–water partition coefficient (Wildman–Crippen LogP) is 1.84. The van der Waals surface area contributed by atoms with Gasteiger partial charge in [0.25, 0.3) is 0 Å². The Morgan fingerprint density at radius 1 is 1.57 bits per heavy atom. The Bertz CT molecular complexity index is 308. The quantitative estimate of drug-likeness (QED) is 0.791. The summed E-state index contributed by atoms with van der Waals surface area (Å²) in [5, 5.41) is 0. The number of rotatable bonds is 4. The summed E-state index contributed by atoms with van der Waals surface area (Å²) >= 11 is 0. The molecule has 1 unspecified atom stereocenters. The zero-order valence-electron chi connectivity index (χ0n) is 8.60. The summed E-state index contributed by atoms with van der Waals surface area (Å²) in [6.07, 6.45) is 8.39. The lowest BCUT2D eigenvalue weighted by atomic mass is 10.2. The van der Waals surface area contributed by atoms with Crippen LogP contribution in [-0.2, 0) is 0 Å². The third-order valence-electron chi connectivity index (χ3n) is 1.79. The van der Waals surface area contributed by atoms with Gasteiger partial charge < -0.3 is 10.5 Å². The van der Waals surface area contributed by atoms with Crippen LogP contribution >= 0.6 is 0 Å². The monoisotopic (exact) mass is 192 g/mol. The van der Waals surface area contributed by atoms with Crippen LogP contribution in [-0.4, -0.2) is 18.1 Å². The summed E-state index contributed by atoms with van der Waals surface area (Å²) in [6.45, 7) is 1.98. The van der Waals surface area contributed by atoms with Gasteiger partial charge in [-0.1, -0.05) is 12.2 Å². The van der Waals surface area contributed by atoms with Crippen molar-refractivity contribution in [3.8, 4) is 5.75 Å². The Hall–Kier alpha value is -1.35. The van der Waals surface area contributed by atoms with E-state index in [-0.39, 0.29) is 6.04 Å². The first-order chi connectivity index (χ1) is 6.72. The molecule has 3 nitrogen and oxygen atoms in total. The van der Waals surface area contributed by atoms with Gasteiger partial charge in [-0.15, -0.1) is 0 Å². The smallest absolute Gasteiger partial charge is 0.137 e. The van der Waals surface area contributed by atoms with Crippen molar-refractivity contribution in [1.82, 2.24) is 4.98 Å². The number of ether oxygens (including phenoxy) is 1. The first-order valence-corrected chi connectivity index (χ1v) is 4.63. The van der Waals surface area contributed by atoms with Crippen molar-refractivity contribution in [2.75, 3.05) is 7.11 Å². The topological polar surface area (TPSA) is 48.1 Å². The number of methoxy groups -OCH3 is 1. The summed E-state index contributed by atoms with van der Waals surface area (Å²) in [7, 11) is 1.63. The van der Waals surface area contributed by atoms with Crippen molar-refractivity contribution in [3.05, 3.63) is 30.1 Å². The molecule has 0 aliphatic heterocycles. The highest BCUT2D eigenvalue weighted by atomic mass is 16.5. The van der Waals surface area contributed by atoms with Gasteiger partial charge >= 0.3 is 0 Å². The Balaban J connectivity index is 2.62. The highest BCUT2D eigenvalue weighted by Gasteiger charge is 1.93. The molecule has 0 aliphatic carbocycles. The van der Waals surface area contributed by atoms with Gasteiger partial charge in [0, 0.05) is 12.2 Å². The molecule has 0 aromatic carbocycles. The molecule has 76 valence electrons. The molecule has 0 fully saturated rings. The number of nitrogens with two attached hydrogens (primary N) is 1. The summed E-state index contributed by atoms with van der Waals surface area (Å²) in [5.74, 6) is 0.771. The molecule has 0 spiro atoms. The molecular weight excluding hydrogens is 176 g/mol. The Morgan fingerprint density at radius 2 is 2.36 bits per heavy atom. The Labute approximate surface area is 84.6 Å².